The van der Waals surface area contributed by atoms with E-state index in [1.54, 1.807) is 6.33 Å². The minimum atomic E-state index is 0.118. The monoisotopic (exact) mass is 233 g/mol. The maximum atomic E-state index is 4.37. The van der Waals surface area contributed by atoms with Gasteiger partial charge in [-0.3, -0.25) is 0 Å². The van der Waals surface area contributed by atoms with Crippen LogP contribution in [0.1, 0.15) is 32.2 Å². The van der Waals surface area contributed by atoms with Crippen LogP contribution in [0.15, 0.2) is 25.0 Å². The van der Waals surface area contributed by atoms with E-state index in [2.05, 4.69) is 47.2 Å². The van der Waals surface area contributed by atoms with Crippen LogP contribution in [0.3, 0.4) is 0 Å². The minimum Gasteiger partial charge on any atom is -0.347 e. The van der Waals surface area contributed by atoms with Crippen molar-refractivity contribution in [3.63, 3.8) is 0 Å². The summed E-state index contributed by atoms with van der Waals surface area (Å²) >= 11 is 0. The van der Waals surface area contributed by atoms with Crippen molar-refractivity contribution in [2.45, 2.75) is 39.4 Å². The molecule has 2 aromatic heterocycles. The topological polar surface area (TPSA) is 58.5 Å². The number of hydrogen-bond donors (Lipinski definition) is 2. The SMILES string of the molecule is CC(C)(C)NCc1cn(Cc2cnc[nH]2)cn1. The Bertz CT molecular complexity index is 449. The average molecular weight is 233 g/mol. The van der Waals surface area contributed by atoms with Crippen LogP contribution in [0.25, 0.3) is 0 Å². The molecule has 2 rings (SSSR count). The Morgan fingerprint density at radius 1 is 1.41 bits per heavy atom. The fourth-order valence-electron chi connectivity index (χ4n) is 1.51. The van der Waals surface area contributed by atoms with Crippen molar-refractivity contribution >= 4 is 0 Å². The van der Waals surface area contributed by atoms with Crippen molar-refractivity contribution in [1.82, 2.24) is 24.8 Å². The van der Waals surface area contributed by atoms with E-state index in [4.69, 9.17) is 0 Å². The molecule has 0 atom stereocenters. The van der Waals surface area contributed by atoms with Gasteiger partial charge in [0.2, 0.25) is 0 Å². The summed E-state index contributed by atoms with van der Waals surface area (Å²) in [6.45, 7) is 8.01. The molecule has 0 aliphatic heterocycles. The molecule has 0 amide bonds. The maximum absolute atomic E-state index is 4.37. The standard InChI is InChI=1S/C12H19N5/c1-12(2,3)16-5-11-7-17(9-15-11)6-10-4-13-8-14-10/h4,7-9,16H,5-6H2,1-3H3,(H,13,14). The predicted octanol–water partition coefficient (Wildman–Crippen LogP) is 1.54. The highest BCUT2D eigenvalue weighted by Crippen LogP contribution is 2.04. The molecule has 0 saturated carbocycles. The van der Waals surface area contributed by atoms with Gasteiger partial charge in [0, 0.05) is 24.5 Å². The molecule has 2 heterocycles. The molecular weight excluding hydrogens is 214 g/mol. The number of H-pyrrole nitrogens is 1. The number of aromatic amines is 1. The Morgan fingerprint density at radius 2 is 2.24 bits per heavy atom. The van der Waals surface area contributed by atoms with E-state index in [0.29, 0.717) is 0 Å². The van der Waals surface area contributed by atoms with Crippen molar-refractivity contribution < 1.29 is 0 Å². The summed E-state index contributed by atoms with van der Waals surface area (Å²) in [5, 5.41) is 3.41. The number of nitrogens with one attached hydrogen (secondary N) is 2. The highest BCUT2D eigenvalue weighted by molar-refractivity contribution is 5.01. The third-order valence-corrected chi connectivity index (χ3v) is 2.39. The summed E-state index contributed by atoms with van der Waals surface area (Å²) in [4.78, 5) is 11.4. The number of nitrogens with zero attached hydrogens (tertiary/aromatic N) is 3. The maximum Gasteiger partial charge on any atom is 0.0953 e. The lowest BCUT2D eigenvalue weighted by atomic mass is 10.1. The second kappa shape index (κ2) is 4.71. The molecule has 0 saturated heterocycles. The molecule has 2 aromatic rings. The van der Waals surface area contributed by atoms with Gasteiger partial charge in [0.05, 0.1) is 30.6 Å². The molecule has 0 fully saturated rings. The fraction of sp³-hybridized carbons (Fsp3) is 0.500. The normalized spacial score (nSPS) is 11.9. The molecule has 0 spiro atoms. The fourth-order valence-corrected chi connectivity index (χ4v) is 1.51. The number of imidazole rings is 2. The van der Waals surface area contributed by atoms with Crippen LogP contribution in [-0.2, 0) is 13.1 Å². The molecule has 0 unspecified atom stereocenters. The van der Waals surface area contributed by atoms with Gasteiger partial charge in [-0.05, 0) is 20.8 Å². The summed E-state index contributed by atoms with van der Waals surface area (Å²) in [6.07, 6.45) is 7.42. The molecular formula is C12H19N5. The van der Waals surface area contributed by atoms with Gasteiger partial charge in [-0.1, -0.05) is 0 Å². The van der Waals surface area contributed by atoms with Crippen molar-refractivity contribution in [1.29, 1.82) is 0 Å². The van der Waals surface area contributed by atoms with Crippen LogP contribution in [0.5, 0.6) is 0 Å². The molecule has 5 heteroatoms. The zero-order valence-corrected chi connectivity index (χ0v) is 10.6. The van der Waals surface area contributed by atoms with E-state index in [1.165, 1.54) is 0 Å². The Labute approximate surface area is 101 Å². The summed E-state index contributed by atoms with van der Waals surface area (Å²) in [6, 6.07) is 0. The molecule has 17 heavy (non-hydrogen) atoms. The summed E-state index contributed by atoms with van der Waals surface area (Å²) in [7, 11) is 0. The molecule has 2 N–H and O–H groups in total. The summed E-state index contributed by atoms with van der Waals surface area (Å²) in [5.41, 5.74) is 2.25. The number of hydrogen-bond acceptors (Lipinski definition) is 3. The first kappa shape index (κ1) is 11.9. The third kappa shape index (κ3) is 3.71. The predicted molar refractivity (Wildman–Crippen MR) is 66.5 cm³/mol. The van der Waals surface area contributed by atoms with Gasteiger partial charge in [0.25, 0.3) is 0 Å². The van der Waals surface area contributed by atoms with E-state index >= 15 is 0 Å². The van der Waals surface area contributed by atoms with E-state index in [9.17, 15) is 0 Å². The minimum absolute atomic E-state index is 0.118. The lowest BCUT2D eigenvalue weighted by Crippen LogP contribution is -2.35. The molecule has 0 aliphatic carbocycles. The highest BCUT2D eigenvalue weighted by atomic mass is 15.1. The van der Waals surface area contributed by atoms with E-state index in [0.717, 1.165) is 24.5 Å². The van der Waals surface area contributed by atoms with Crippen molar-refractivity contribution in [3.8, 4) is 0 Å². The third-order valence-electron chi connectivity index (χ3n) is 2.39. The van der Waals surface area contributed by atoms with E-state index < -0.39 is 0 Å². The molecule has 0 radical (unpaired) electrons. The number of rotatable bonds is 4. The summed E-state index contributed by atoms with van der Waals surface area (Å²) < 4.78 is 2.05. The van der Waals surface area contributed by atoms with Crippen LogP contribution in [0.2, 0.25) is 0 Å². The van der Waals surface area contributed by atoms with Crippen LogP contribution in [0, 0.1) is 0 Å². The second-order valence-electron chi connectivity index (χ2n) is 5.22. The molecule has 0 aliphatic rings. The lowest BCUT2D eigenvalue weighted by molar-refractivity contribution is 0.421. The molecule has 5 nitrogen and oxygen atoms in total. The number of aromatic nitrogens is 4. The molecule has 0 aromatic carbocycles. The van der Waals surface area contributed by atoms with E-state index in [-0.39, 0.29) is 5.54 Å². The van der Waals surface area contributed by atoms with Gasteiger partial charge in [0.1, 0.15) is 0 Å². The first-order chi connectivity index (χ1) is 8.03. The van der Waals surface area contributed by atoms with Gasteiger partial charge >= 0.3 is 0 Å². The highest BCUT2D eigenvalue weighted by Gasteiger charge is 2.09. The van der Waals surface area contributed by atoms with Gasteiger partial charge in [-0.25, -0.2) is 9.97 Å². The average Bonchev–Trinajstić information content (AvgIpc) is 2.86. The first-order valence-corrected chi connectivity index (χ1v) is 5.76. The second-order valence-corrected chi connectivity index (χ2v) is 5.22. The van der Waals surface area contributed by atoms with Crippen LogP contribution in [-0.4, -0.2) is 25.1 Å². The molecule has 0 bridgehead atoms. The van der Waals surface area contributed by atoms with Crippen molar-refractivity contribution in [2.24, 2.45) is 0 Å². The Hall–Kier alpha value is -1.62. The van der Waals surface area contributed by atoms with Gasteiger partial charge in [-0.15, -0.1) is 0 Å². The smallest absolute Gasteiger partial charge is 0.0953 e. The van der Waals surface area contributed by atoms with Crippen LogP contribution >= 0.6 is 0 Å². The summed E-state index contributed by atoms with van der Waals surface area (Å²) in [5.74, 6) is 0. The van der Waals surface area contributed by atoms with Crippen molar-refractivity contribution in [3.05, 3.63) is 36.4 Å². The van der Waals surface area contributed by atoms with Crippen LogP contribution in [0.4, 0.5) is 0 Å². The Balaban J connectivity index is 1.92. The Morgan fingerprint density at radius 3 is 2.88 bits per heavy atom. The van der Waals surface area contributed by atoms with Crippen molar-refractivity contribution in [2.75, 3.05) is 0 Å². The zero-order chi connectivity index (χ0) is 12.3. The Kier molecular flexibility index (Phi) is 3.28. The molecule has 92 valence electrons. The zero-order valence-electron chi connectivity index (χ0n) is 10.6. The quantitative estimate of drug-likeness (QED) is 0.842. The first-order valence-electron chi connectivity index (χ1n) is 5.76. The van der Waals surface area contributed by atoms with Gasteiger partial charge < -0.3 is 14.9 Å². The largest absolute Gasteiger partial charge is 0.347 e. The van der Waals surface area contributed by atoms with Gasteiger partial charge in [0.15, 0.2) is 0 Å². The van der Waals surface area contributed by atoms with E-state index in [1.807, 2.05) is 17.1 Å². The van der Waals surface area contributed by atoms with Gasteiger partial charge in [-0.2, -0.15) is 0 Å². The lowest BCUT2D eigenvalue weighted by Gasteiger charge is -2.19. The van der Waals surface area contributed by atoms with Crippen LogP contribution < -0.4 is 5.32 Å².